The number of halogens is 1. The lowest BCUT2D eigenvalue weighted by Gasteiger charge is -2.33. The van der Waals surface area contributed by atoms with E-state index in [9.17, 15) is 9.59 Å². The molecule has 0 N–H and O–H groups in total. The summed E-state index contributed by atoms with van der Waals surface area (Å²) >= 11 is 6.23. The van der Waals surface area contributed by atoms with Gasteiger partial charge in [-0.3, -0.25) is 13.9 Å². The summed E-state index contributed by atoms with van der Waals surface area (Å²) in [5.41, 5.74) is 2.22. The van der Waals surface area contributed by atoms with E-state index in [0.29, 0.717) is 41.6 Å². The molecule has 0 fully saturated rings. The van der Waals surface area contributed by atoms with E-state index < -0.39 is 0 Å². The summed E-state index contributed by atoms with van der Waals surface area (Å²) in [7, 11) is 1.68. The SMILES string of the molecule is C[C@@H]1CN(c2cccc(Cl)c2)c2nc3c(c(=O)n(CCc4ccccc4)c(=O)n3C)n2C1. The van der Waals surface area contributed by atoms with Crippen molar-refractivity contribution in [3.63, 3.8) is 0 Å². The standard InChI is InChI=1S/C24H24ClN5O2/c1-16-14-29(19-10-6-9-18(25)13-19)23-26-21-20(30(23)15-16)22(31)28(24(32)27(21)2)12-11-17-7-4-3-5-8-17/h3-10,13,16H,11-12,14-15H2,1-2H3/t16-/m1/s1. The zero-order chi connectivity index (χ0) is 22.4. The summed E-state index contributed by atoms with van der Waals surface area (Å²) in [6.07, 6.45) is 0.605. The van der Waals surface area contributed by atoms with Crippen LogP contribution in [0.25, 0.3) is 11.2 Å². The van der Waals surface area contributed by atoms with E-state index >= 15 is 0 Å². The Labute approximate surface area is 190 Å². The minimum absolute atomic E-state index is 0.285. The van der Waals surface area contributed by atoms with E-state index in [1.54, 1.807) is 7.05 Å². The summed E-state index contributed by atoms with van der Waals surface area (Å²) < 4.78 is 4.76. The Bertz CT molecular complexity index is 1420. The van der Waals surface area contributed by atoms with Crippen molar-refractivity contribution in [3.05, 3.63) is 86.0 Å². The van der Waals surface area contributed by atoms with Crippen molar-refractivity contribution >= 4 is 34.4 Å². The largest absolute Gasteiger partial charge is 0.332 e. The molecule has 8 heteroatoms. The van der Waals surface area contributed by atoms with Crippen LogP contribution < -0.4 is 16.1 Å². The van der Waals surface area contributed by atoms with Crippen LogP contribution in [0.5, 0.6) is 0 Å². The lowest BCUT2D eigenvalue weighted by Crippen LogP contribution is -2.40. The molecule has 0 saturated carbocycles. The molecule has 32 heavy (non-hydrogen) atoms. The summed E-state index contributed by atoms with van der Waals surface area (Å²) in [4.78, 5) is 33.4. The van der Waals surface area contributed by atoms with Gasteiger partial charge in [-0.05, 0) is 36.1 Å². The second-order valence-corrected chi connectivity index (χ2v) is 8.86. The number of benzene rings is 2. The fraction of sp³-hybridized carbons (Fsp3) is 0.292. The van der Waals surface area contributed by atoms with Gasteiger partial charge in [-0.25, -0.2) is 4.79 Å². The summed E-state index contributed by atoms with van der Waals surface area (Å²) in [5, 5.41) is 0.638. The zero-order valence-electron chi connectivity index (χ0n) is 18.0. The summed E-state index contributed by atoms with van der Waals surface area (Å²) in [6.45, 7) is 3.87. The molecule has 0 unspecified atom stereocenters. The molecule has 0 radical (unpaired) electrons. The fourth-order valence-corrected chi connectivity index (χ4v) is 4.63. The Morgan fingerprint density at radius 2 is 1.84 bits per heavy atom. The molecule has 0 saturated heterocycles. The van der Waals surface area contributed by atoms with E-state index in [2.05, 4.69) is 11.8 Å². The first-order chi connectivity index (χ1) is 15.4. The van der Waals surface area contributed by atoms with Crippen molar-refractivity contribution in [3.8, 4) is 0 Å². The summed E-state index contributed by atoms with van der Waals surface area (Å²) in [6, 6.07) is 17.5. The Morgan fingerprint density at radius 3 is 2.59 bits per heavy atom. The van der Waals surface area contributed by atoms with E-state index in [0.717, 1.165) is 17.8 Å². The van der Waals surface area contributed by atoms with Gasteiger partial charge in [0.2, 0.25) is 5.95 Å². The molecule has 1 atom stereocenters. The Balaban J connectivity index is 1.66. The monoisotopic (exact) mass is 449 g/mol. The van der Waals surface area contributed by atoms with Gasteiger partial charge in [-0.15, -0.1) is 0 Å². The lowest BCUT2D eigenvalue weighted by molar-refractivity contribution is 0.457. The molecule has 2 aromatic heterocycles. The number of nitrogens with zero attached hydrogens (tertiary/aromatic N) is 5. The van der Waals surface area contributed by atoms with Crippen molar-refractivity contribution in [2.24, 2.45) is 13.0 Å². The molecule has 2 aromatic carbocycles. The van der Waals surface area contributed by atoms with Crippen molar-refractivity contribution in [1.29, 1.82) is 0 Å². The molecule has 164 valence electrons. The highest BCUT2D eigenvalue weighted by molar-refractivity contribution is 6.30. The van der Waals surface area contributed by atoms with Crippen molar-refractivity contribution in [1.82, 2.24) is 18.7 Å². The van der Waals surface area contributed by atoms with E-state index in [4.69, 9.17) is 16.6 Å². The average molecular weight is 450 g/mol. The second kappa shape index (κ2) is 7.98. The first kappa shape index (κ1) is 20.6. The van der Waals surface area contributed by atoms with E-state index in [1.165, 1.54) is 9.13 Å². The summed E-state index contributed by atoms with van der Waals surface area (Å²) in [5.74, 6) is 0.946. The van der Waals surface area contributed by atoms with Gasteiger partial charge in [0, 0.05) is 37.4 Å². The van der Waals surface area contributed by atoms with Gasteiger partial charge < -0.3 is 9.47 Å². The molecule has 0 bridgehead atoms. The highest BCUT2D eigenvalue weighted by atomic mass is 35.5. The molecule has 1 aliphatic heterocycles. The Hall–Kier alpha value is -3.32. The number of anilines is 2. The smallest absolute Gasteiger partial charge is 0.312 e. The van der Waals surface area contributed by atoms with Gasteiger partial charge in [-0.2, -0.15) is 4.98 Å². The first-order valence-electron chi connectivity index (χ1n) is 10.7. The number of fused-ring (bicyclic) bond motifs is 3. The predicted octanol–water partition coefficient (Wildman–Crippen LogP) is 3.58. The number of rotatable bonds is 4. The van der Waals surface area contributed by atoms with Gasteiger partial charge in [0.1, 0.15) is 0 Å². The maximum absolute atomic E-state index is 13.5. The Kier molecular flexibility index (Phi) is 5.13. The third kappa shape index (κ3) is 3.42. The van der Waals surface area contributed by atoms with Gasteiger partial charge >= 0.3 is 5.69 Å². The first-order valence-corrected chi connectivity index (χ1v) is 11.1. The third-order valence-electron chi connectivity index (χ3n) is 6.03. The molecular weight excluding hydrogens is 426 g/mol. The lowest BCUT2D eigenvalue weighted by atomic mass is 10.1. The van der Waals surface area contributed by atoms with Gasteiger partial charge in [0.25, 0.3) is 5.56 Å². The van der Waals surface area contributed by atoms with Crippen molar-refractivity contribution in [2.75, 3.05) is 11.4 Å². The fourth-order valence-electron chi connectivity index (χ4n) is 4.45. The van der Waals surface area contributed by atoms with Gasteiger partial charge in [-0.1, -0.05) is 54.9 Å². The highest BCUT2D eigenvalue weighted by Crippen LogP contribution is 2.33. The number of aryl methyl sites for hydroxylation is 2. The molecule has 0 spiro atoms. The molecule has 0 amide bonds. The van der Waals surface area contributed by atoms with E-state index in [1.807, 2.05) is 59.2 Å². The minimum atomic E-state index is -0.351. The highest BCUT2D eigenvalue weighted by Gasteiger charge is 2.29. The zero-order valence-corrected chi connectivity index (χ0v) is 18.8. The van der Waals surface area contributed by atoms with Crippen LogP contribution in [0, 0.1) is 5.92 Å². The van der Waals surface area contributed by atoms with Crippen LogP contribution in [-0.4, -0.2) is 25.2 Å². The molecule has 4 aromatic rings. The minimum Gasteiger partial charge on any atom is -0.312 e. The normalized spacial score (nSPS) is 15.8. The van der Waals surface area contributed by atoms with Gasteiger partial charge in [0.05, 0.1) is 0 Å². The molecule has 7 nitrogen and oxygen atoms in total. The van der Waals surface area contributed by atoms with Crippen LogP contribution in [0.2, 0.25) is 5.02 Å². The van der Waals surface area contributed by atoms with Crippen LogP contribution in [0.1, 0.15) is 12.5 Å². The predicted molar refractivity (Wildman–Crippen MR) is 127 cm³/mol. The molecular formula is C24H24ClN5O2. The van der Waals surface area contributed by atoms with Crippen LogP contribution in [0.4, 0.5) is 11.6 Å². The Morgan fingerprint density at radius 1 is 1.06 bits per heavy atom. The molecule has 3 heterocycles. The topological polar surface area (TPSA) is 65.1 Å². The maximum atomic E-state index is 13.5. The average Bonchev–Trinajstić information content (AvgIpc) is 3.17. The van der Waals surface area contributed by atoms with Crippen LogP contribution in [0.15, 0.2) is 64.2 Å². The second-order valence-electron chi connectivity index (χ2n) is 8.42. The number of hydrogen-bond donors (Lipinski definition) is 0. The molecule has 0 aliphatic carbocycles. The van der Waals surface area contributed by atoms with Crippen molar-refractivity contribution < 1.29 is 0 Å². The molecule has 5 rings (SSSR count). The molecule has 1 aliphatic rings. The van der Waals surface area contributed by atoms with E-state index in [-0.39, 0.29) is 17.2 Å². The van der Waals surface area contributed by atoms with Gasteiger partial charge in [0.15, 0.2) is 11.2 Å². The third-order valence-corrected chi connectivity index (χ3v) is 6.26. The number of aromatic nitrogens is 4. The van der Waals surface area contributed by atoms with Crippen molar-refractivity contribution in [2.45, 2.75) is 26.4 Å². The van der Waals surface area contributed by atoms with Crippen LogP contribution >= 0.6 is 11.6 Å². The number of imidazole rings is 1. The maximum Gasteiger partial charge on any atom is 0.332 e. The number of hydrogen-bond acceptors (Lipinski definition) is 4. The quantitative estimate of drug-likeness (QED) is 0.477. The van der Waals surface area contributed by atoms with Crippen LogP contribution in [0.3, 0.4) is 0 Å². The van der Waals surface area contributed by atoms with Crippen LogP contribution in [-0.2, 0) is 26.6 Å².